The van der Waals surface area contributed by atoms with Crippen LogP contribution < -0.4 is 5.73 Å². The minimum absolute atomic E-state index is 0.166. The van der Waals surface area contributed by atoms with Gasteiger partial charge in [-0.25, -0.2) is 0 Å². The highest BCUT2D eigenvalue weighted by molar-refractivity contribution is 5.78. The molecule has 18 heavy (non-hydrogen) atoms. The van der Waals surface area contributed by atoms with Crippen LogP contribution in [0.25, 0.3) is 0 Å². The van der Waals surface area contributed by atoms with Gasteiger partial charge in [-0.15, -0.1) is 0 Å². The highest BCUT2D eigenvalue weighted by Gasteiger charge is 2.25. The third-order valence-corrected chi connectivity index (χ3v) is 3.63. The fourth-order valence-electron chi connectivity index (χ4n) is 2.45. The second-order valence-corrected chi connectivity index (χ2v) is 5.14. The summed E-state index contributed by atoms with van der Waals surface area (Å²) in [6.45, 7) is 3.69. The van der Waals surface area contributed by atoms with E-state index in [1.807, 2.05) is 24.0 Å². The maximum absolute atomic E-state index is 12.2. The Labute approximate surface area is 108 Å². The molecule has 1 aliphatic heterocycles. The number of carbonyl (C=O) groups excluding carboxylic acids is 1. The lowest BCUT2D eigenvalue weighted by Gasteiger charge is -2.34. The average Bonchev–Trinajstić information content (AvgIpc) is 2.40. The van der Waals surface area contributed by atoms with Crippen LogP contribution in [0.1, 0.15) is 25.3 Å². The summed E-state index contributed by atoms with van der Waals surface area (Å²) >= 11 is 0. The maximum Gasteiger partial charge on any atom is 0.227 e. The second-order valence-electron chi connectivity index (χ2n) is 5.14. The standard InChI is InChI=1S/C14H21N3O/c1-11(15)13-5-3-7-17(10-13)14(18)8-12-4-2-6-16-9-12/h2,4,6,9,11,13H,3,5,7-8,10,15H2,1H3. The minimum atomic E-state index is 0.166. The lowest BCUT2D eigenvalue weighted by atomic mass is 9.92. The number of nitrogens with zero attached hydrogens (tertiary/aromatic N) is 2. The first kappa shape index (κ1) is 13.0. The van der Waals surface area contributed by atoms with E-state index in [4.69, 9.17) is 5.73 Å². The first-order valence-corrected chi connectivity index (χ1v) is 6.59. The van der Waals surface area contributed by atoms with Gasteiger partial charge in [0.05, 0.1) is 6.42 Å². The van der Waals surface area contributed by atoms with Crippen LogP contribution in [-0.4, -0.2) is 34.9 Å². The number of amides is 1. The van der Waals surface area contributed by atoms with Gasteiger partial charge in [-0.1, -0.05) is 6.07 Å². The molecule has 0 aliphatic carbocycles. The van der Waals surface area contributed by atoms with E-state index in [-0.39, 0.29) is 11.9 Å². The summed E-state index contributed by atoms with van der Waals surface area (Å²) < 4.78 is 0. The molecule has 1 saturated heterocycles. The van der Waals surface area contributed by atoms with Crippen LogP contribution in [0.15, 0.2) is 24.5 Å². The summed E-state index contributed by atoms with van der Waals surface area (Å²) in [5, 5.41) is 0. The lowest BCUT2D eigenvalue weighted by molar-refractivity contribution is -0.132. The van der Waals surface area contributed by atoms with Gasteiger partial charge < -0.3 is 10.6 Å². The molecule has 1 aromatic heterocycles. The number of nitrogens with two attached hydrogens (primary N) is 1. The number of piperidine rings is 1. The van der Waals surface area contributed by atoms with Crippen molar-refractivity contribution in [1.82, 2.24) is 9.88 Å². The number of rotatable bonds is 3. The van der Waals surface area contributed by atoms with Gasteiger partial charge in [0.1, 0.15) is 0 Å². The van der Waals surface area contributed by atoms with Crippen molar-refractivity contribution in [3.63, 3.8) is 0 Å². The van der Waals surface area contributed by atoms with Crippen molar-refractivity contribution in [1.29, 1.82) is 0 Å². The molecule has 4 heteroatoms. The molecule has 2 N–H and O–H groups in total. The van der Waals surface area contributed by atoms with E-state index in [0.29, 0.717) is 12.3 Å². The fraction of sp³-hybridized carbons (Fsp3) is 0.571. The molecule has 2 unspecified atom stereocenters. The Morgan fingerprint density at radius 1 is 1.67 bits per heavy atom. The van der Waals surface area contributed by atoms with Crippen LogP contribution in [0, 0.1) is 5.92 Å². The molecule has 1 fully saturated rings. The van der Waals surface area contributed by atoms with Crippen LogP contribution in [0.3, 0.4) is 0 Å². The molecule has 2 atom stereocenters. The van der Waals surface area contributed by atoms with Crippen LogP contribution in [0.4, 0.5) is 0 Å². The summed E-state index contributed by atoms with van der Waals surface area (Å²) in [6, 6.07) is 3.97. The topological polar surface area (TPSA) is 59.2 Å². The Kier molecular flexibility index (Phi) is 4.31. The van der Waals surface area contributed by atoms with Crippen molar-refractivity contribution in [2.75, 3.05) is 13.1 Å². The first-order chi connectivity index (χ1) is 8.66. The lowest BCUT2D eigenvalue weighted by Crippen LogP contribution is -2.45. The van der Waals surface area contributed by atoms with E-state index in [1.165, 1.54) is 0 Å². The summed E-state index contributed by atoms with van der Waals surface area (Å²) in [7, 11) is 0. The average molecular weight is 247 g/mol. The van der Waals surface area contributed by atoms with E-state index >= 15 is 0 Å². The van der Waals surface area contributed by atoms with E-state index in [9.17, 15) is 4.79 Å². The Morgan fingerprint density at radius 2 is 2.50 bits per heavy atom. The Morgan fingerprint density at radius 3 is 3.17 bits per heavy atom. The highest BCUT2D eigenvalue weighted by Crippen LogP contribution is 2.19. The summed E-state index contributed by atoms with van der Waals surface area (Å²) in [4.78, 5) is 18.2. The summed E-state index contributed by atoms with van der Waals surface area (Å²) in [6.07, 6.45) is 6.12. The van der Waals surface area contributed by atoms with Crippen molar-refractivity contribution >= 4 is 5.91 Å². The molecular formula is C14H21N3O. The van der Waals surface area contributed by atoms with Gasteiger partial charge in [0.25, 0.3) is 0 Å². The van der Waals surface area contributed by atoms with Gasteiger partial charge in [0.2, 0.25) is 5.91 Å². The Balaban J connectivity index is 1.93. The molecule has 2 rings (SSSR count). The number of pyridine rings is 1. The molecule has 0 aromatic carbocycles. The number of aromatic nitrogens is 1. The van der Waals surface area contributed by atoms with Crippen LogP contribution >= 0.6 is 0 Å². The largest absolute Gasteiger partial charge is 0.342 e. The molecule has 2 heterocycles. The molecule has 0 radical (unpaired) electrons. The minimum Gasteiger partial charge on any atom is -0.342 e. The summed E-state index contributed by atoms with van der Waals surface area (Å²) in [5.74, 6) is 0.630. The third kappa shape index (κ3) is 3.29. The van der Waals surface area contributed by atoms with Gasteiger partial charge in [-0.2, -0.15) is 0 Å². The van der Waals surface area contributed by atoms with Gasteiger partial charge in [-0.3, -0.25) is 9.78 Å². The monoisotopic (exact) mass is 247 g/mol. The van der Waals surface area contributed by atoms with Crippen molar-refractivity contribution in [2.24, 2.45) is 11.7 Å². The van der Waals surface area contributed by atoms with Gasteiger partial charge in [0, 0.05) is 31.5 Å². The Bertz CT molecular complexity index is 391. The second kappa shape index (κ2) is 5.96. The molecule has 1 aliphatic rings. The van der Waals surface area contributed by atoms with E-state index in [0.717, 1.165) is 31.5 Å². The molecular weight excluding hydrogens is 226 g/mol. The Hall–Kier alpha value is -1.42. The summed E-state index contributed by atoms with van der Waals surface area (Å²) in [5.41, 5.74) is 6.91. The highest BCUT2D eigenvalue weighted by atomic mass is 16.2. The number of likely N-dealkylation sites (tertiary alicyclic amines) is 1. The van der Waals surface area contributed by atoms with E-state index < -0.39 is 0 Å². The molecule has 1 amide bonds. The number of hydrogen-bond acceptors (Lipinski definition) is 3. The van der Waals surface area contributed by atoms with E-state index in [1.54, 1.807) is 12.4 Å². The van der Waals surface area contributed by atoms with Gasteiger partial charge in [0.15, 0.2) is 0 Å². The maximum atomic E-state index is 12.2. The van der Waals surface area contributed by atoms with Crippen molar-refractivity contribution in [2.45, 2.75) is 32.2 Å². The third-order valence-electron chi connectivity index (χ3n) is 3.63. The smallest absolute Gasteiger partial charge is 0.227 e. The molecule has 4 nitrogen and oxygen atoms in total. The van der Waals surface area contributed by atoms with Crippen molar-refractivity contribution < 1.29 is 4.79 Å². The van der Waals surface area contributed by atoms with Crippen LogP contribution in [0.2, 0.25) is 0 Å². The molecule has 98 valence electrons. The zero-order chi connectivity index (χ0) is 13.0. The SMILES string of the molecule is CC(N)C1CCCN(C(=O)Cc2cccnc2)C1. The number of hydrogen-bond donors (Lipinski definition) is 1. The molecule has 1 aromatic rings. The molecule has 0 bridgehead atoms. The molecule has 0 saturated carbocycles. The molecule has 0 spiro atoms. The van der Waals surface area contributed by atoms with Crippen LogP contribution in [-0.2, 0) is 11.2 Å². The first-order valence-electron chi connectivity index (χ1n) is 6.59. The fourth-order valence-corrected chi connectivity index (χ4v) is 2.45. The van der Waals surface area contributed by atoms with Gasteiger partial charge in [-0.05, 0) is 37.3 Å². The zero-order valence-electron chi connectivity index (χ0n) is 10.9. The van der Waals surface area contributed by atoms with Crippen LogP contribution in [0.5, 0.6) is 0 Å². The predicted molar refractivity (Wildman–Crippen MR) is 70.9 cm³/mol. The number of carbonyl (C=O) groups is 1. The normalized spacial score (nSPS) is 21.7. The zero-order valence-corrected chi connectivity index (χ0v) is 10.9. The van der Waals surface area contributed by atoms with Gasteiger partial charge >= 0.3 is 0 Å². The predicted octanol–water partition coefficient (Wildman–Crippen LogP) is 1.21. The van der Waals surface area contributed by atoms with E-state index in [2.05, 4.69) is 4.98 Å². The quantitative estimate of drug-likeness (QED) is 0.873. The van der Waals surface area contributed by atoms with Crippen molar-refractivity contribution in [3.05, 3.63) is 30.1 Å². The van der Waals surface area contributed by atoms with Crippen molar-refractivity contribution in [3.8, 4) is 0 Å².